The number of carbonyl (C=O) groups is 4. The van der Waals surface area contributed by atoms with Crippen molar-refractivity contribution in [1.29, 1.82) is 0 Å². The predicted molar refractivity (Wildman–Crippen MR) is 172 cm³/mol. The van der Waals surface area contributed by atoms with Crippen molar-refractivity contribution in [2.45, 2.75) is 128 Å². The number of aliphatic carboxylic acids is 1. The Hall–Kier alpha value is -2.50. The highest BCUT2D eigenvalue weighted by molar-refractivity contribution is 6.74. The average Bonchev–Trinajstić information content (AvgIpc) is 3.81. The van der Waals surface area contributed by atoms with E-state index in [0.29, 0.717) is 12.6 Å². The molecule has 10 nitrogen and oxygen atoms in total. The van der Waals surface area contributed by atoms with Gasteiger partial charge < -0.3 is 24.5 Å². The number of hydrogen-bond acceptors (Lipinski definition) is 7. The van der Waals surface area contributed by atoms with E-state index in [1.165, 1.54) is 11.0 Å². The topological polar surface area (TPSA) is 125 Å². The minimum atomic E-state index is -2.29. The van der Waals surface area contributed by atoms with Crippen molar-refractivity contribution in [1.82, 2.24) is 15.1 Å². The quantitative estimate of drug-likeness (QED) is 0.0888. The molecule has 3 unspecified atom stereocenters. The zero-order valence-electron chi connectivity index (χ0n) is 28.1. The van der Waals surface area contributed by atoms with Crippen LogP contribution in [0.5, 0.6) is 0 Å². The lowest BCUT2D eigenvalue weighted by Gasteiger charge is -2.38. The molecule has 0 aromatic heterocycles. The normalized spacial score (nSPS) is 26.2. The summed E-state index contributed by atoms with van der Waals surface area (Å²) in [5.41, 5.74) is -2.25. The van der Waals surface area contributed by atoms with Crippen molar-refractivity contribution in [3.05, 3.63) is 25.3 Å². The van der Waals surface area contributed by atoms with E-state index in [2.05, 4.69) is 57.2 Å². The van der Waals surface area contributed by atoms with Crippen LogP contribution in [0.1, 0.15) is 80.1 Å². The fourth-order valence-corrected chi connectivity index (χ4v) is 7.01. The average molecular weight is 634 g/mol. The fraction of sp³-hybridized carbons (Fsp3) is 0.758. The Kier molecular flexibility index (Phi) is 11.0. The van der Waals surface area contributed by atoms with Crippen LogP contribution in [0.25, 0.3) is 0 Å². The van der Waals surface area contributed by atoms with Gasteiger partial charge in [0.15, 0.2) is 8.32 Å². The van der Waals surface area contributed by atoms with E-state index >= 15 is 0 Å². The van der Waals surface area contributed by atoms with Crippen LogP contribution >= 0.6 is 0 Å². The number of amides is 2. The minimum Gasteiger partial charge on any atom is -0.479 e. The van der Waals surface area contributed by atoms with Gasteiger partial charge in [0.05, 0.1) is 6.10 Å². The molecule has 0 radical (unpaired) electrons. The van der Waals surface area contributed by atoms with Crippen molar-refractivity contribution in [3.8, 4) is 0 Å². The number of ether oxygens (including phenoxy) is 1. The number of rotatable bonds is 15. The van der Waals surface area contributed by atoms with E-state index in [-0.39, 0.29) is 31.0 Å². The molecule has 3 aliphatic rings. The van der Waals surface area contributed by atoms with Crippen molar-refractivity contribution in [2.24, 2.45) is 11.8 Å². The highest BCUT2D eigenvalue weighted by Gasteiger charge is 2.61. The van der Waals surface area contributed by atoms with Crippen LogP contribution in [0.2, 0.25) is 18.1 Å². The summed E-state index contributed by atoms with van der Waals surface area (Å²) in [4.78, 5) is 57.8. The molecule has 5 atom stereocenters. The summed E-state index contributed by atoms with van der Waals surface area (Å²) < 4.78 is 12.4. The minimum absolute atomic E-state index is 0.101. The van der Waals surface area contributed by atoms with Crippen LogP contribution in [0.3, 0.4) is 0 Å². The predicted octanol–water partition coefficient (Wildman–Crippen LogP) is 4.51. The zero-order valence-corrected chi connectivity index (χ0v) is 29.1. The van der Waals surface area contributed by atoms with E-state index in [4.69, 9.17) is 9.16 Å². The zero-order chi connectivity index (χ0) is 33.3. The van der Waals surface area contributed by atoms with Crippen molar-refractivity contribution in [2.75, 3.05) is 19.6 Å². The second-order valence-corrected chi connectivity index (χ2v) is 20.1. The maximum atomic E-state index is 14.5. The highest BCUT2D eigenvalue weighted by atomic mass is 28.4. The summed E-state index contributed by atoms with van der Waals surface area (Å²) in [5, 5.41) is 12.6. The van der Waals surface area contributed by atoms with E-state index < -0.39 is 67.2 Å². The fourth-order valence-electron chi connectivity index (χ4n) is 5.65. The maximum absolute atomic E-state index is 14.5. The van der Waals surface area contributed by atoms with Gasteiger partial charge in [-0.15, -0.1) is 13.2 Å². The molecular formula is C33H55N3O7Si. The van der Waals surface area contributed by atoms with Crippen LogP contribution in [0, 0.1) is 11.8 Å². The molecule has 3 fully saturated rings. The third-order valence-corrected chi connectivity index (χ3v) is 14.0. The number of carbonyl (C=O) groups excluding carboxylic acids is 3. The largest absolute Gasteiger partial charge is 0.479 e. The molecule has 1 aliphatic heterocycles. The lowest BCUT2D eigenvalue weighted by Crippen LogP contribution is -2.55. The van der Waals surface area contributed by atoms with Crippen molar-refractivity contribution < 1.29 is 33.4 Å². The van der Waals surface area contributed by atoms with E-state index in [1.807, 2.05) is 6.08 Å². The van der Waals surface area contributed by atoms with Gasteiger partial charge in [-0.2, -0.15) is 0 Å². The third kappa shape index (κ3) is 8.60. The second-order valence-electron chi connectivity index (χ2n) is 15.3. The number of nitrogens with zero attached hydrogens (tertiary/aromatic N) is 2. The standard InChI is InChI=1S/C33H55N3O7Si/c1-11-13-14-17-35(23-15-16-23)21-25(29(39)42-31(3,4)5)28(38)36-20-24(43-44(9,10)32(6,7)8)18-26(36)27(37)34-33(30(40)41)19-22(33)12-2/h11-12,22-26H,1-2,13-21H2,3-10H3,(H,34,37)(H,40,41)/t22?,24-,25?,26+,33?/m1/s1. The smallest absolute Gasteiger partial charge is 0.330 e. The van der Waals surface area contributed by atoms with Gasteiger partial charge in [-0.05, 0) is 77.6 Å². The van der Waals surface area contributed by atoms with Gasteiger partial charge in [-0.1, -0.05) is 32.9 Å². The molecule has 2 amide bonds. The summed E-state index contributed by atoms with van der Waals surface area (Å²) in [6.45, 7) is 24.5. The van der Waals surface area contributed by atoms with Gasteiger partial charge in [0.25, 0.3) is 0 Å². The summed E-state index contributed by atoms with van der Waals surface area (Å²) >= 11 is 0. The number of hydrogen-bond donors (Lipinski definition) is 2. The lowest BCUT2D eigenvalue weighted by atomic mass is 10.0. The van der Waals surface area contributed by atoms with E-state index in [0.717, 1.165) is 25.7 Å². The Bertz CT molecular complexity index is 1120. The van der Waals surface area contributed by atoms with E-state index in [1.54, 1.807) is 20.8 Å². The Morgan fingerprint density at radius 3 is 2.25 bits per heavy atom. The molecular weight excluding hydrogens is 578 g/mol. The molecule has 2 saturated carbocycles. The molecule has 1 saturated heterocycles. The van der Waals surface area contributed by atoms with E-state index in [9.17, 15) is 24.3 Å². The Morgan fingerprint density at radius 1 is 1.14 bits per heavy atom. The van der Waals surface area contributed by atoms with Crippen LogP contribution in [-0.4, -0.2) is 95.9 Å². The first kappa shape index (κ1) is 36.0. The van der Waals surface area contributed by atoms with Crippen LogP contribution in [0.4, 0.5) is 0 Å². The molecule has 0 aromatic rings. The number of likely N-dealkylation sites (tertiary alicyclic amines) is 1. The molecule has 0 bridgehead atoms. The first-order chi connectivity index (χ1) is 20.3. The number of allylic oxidation sites excluding steroid dienone is 1. The summed E-state index contributed by atoms with van der Waals surface area (Å²) in [6, 6.07) is -0.689. The van der Waals surface area contributed by atoms with Crippen LogP contribution < -0.4 is 5.32 Å². The molecule has 11 heteroatoms. The molecule has 3 rings (SSSR count). The Balaban J connectivity index is 1.94. The molecule has 2 aliphatic carbocycles. The van der Waals surface area contributed by atoms with Crippen LogP contribution in [0.15, 0.2) is 25.3 Å². The lowest BCUT2D eigenvalue weighted by molar-refractivity contribution is -0.166. The Morgan fingerprint density at radius 2 is 1.77 bits per heavy atom. The number of carboxylic acid groups (broad SMARTS) is 1. The highest BCUT2D eigenvalue weighted by Crippen LogP contribution is 2.45. The first-order valence-corrected chi connectivity index (χ1v) is 18.9. The molecule has 2 N–H and O–H groups in total. The van der Waals surface area contributed by atoms with Crippen molar-refractivity contribution in [3.63, 3.8) is 0 Å². The third-order valence-electron chi connectivity index (χ3n) is 9.47. The number of carboxylic acids is 1. The number of nitrogens with one attached hydrogen (secondary N) is 1. The second kappa shape index (κ2) is 13.5. The van der Waals surface area contributed by atoms with Gasteiger partial charge >= 0.3 is 11.9 Å². The monoisotopic (exact) mass is 633 g/mol. The molecule has 248 valence electrons. The molecule has 0 aromatic carbocycles. The van der Waals surface area contributed by atoms with Gasteiger partial charge in [-0.25, -0.2) is 4.79 Å². The van der Waals surface area contributed by atoms with Gasteiger partial charge in [0.1, 0.15) is 23.1 Å². The number of unbranched alkanes of at least 4 members (excludes halogenated alkanes) is 1. The summed E-state index contributed by atoms with van der Waals surface area (Å²) in [5.74, 6) is -4.34. The number of esters is 1. The van der Waals surface area contributed by atoms with Gasteiger partial charge in [-0.3, -0.25) is 19.3 Å². The van der Waals surface area contributed by atoms with Gasteiger partial charge in [0, 0.05) is 31.5 Å². The molecule has 44 heavy (non-hydrogen) atoms. The summed E-state index contributed by atoms with van der Waals surface area (Å²) in [6.07, 6.45) is 7.10. The molecule has 0 spiro atoms. The SMILES string of the molecule is C=CCCCN(CC(C(=O)OC(C)(C)C)C(=O)N1C[C@H](O[Si](C)(C)C(C)(C)C)C[C@H]1C(=O)NC1(C(=O)O)CC1C=C)C1CC1. The van der Waals surface area contributed by atoms with Crippen LogP contribution in [-0.2, 0) is 28.3 Å². The molecule has 1 heterocycles. The Labute approximate surface area is 264 Å². The van der Waals surface area contributed by atoms with Gasteiger partial charge in [0.2, 0.25) is 11.8 Å². The maximum Gasteiger partial charge on any atom is 0.330 e. The summed E-state index contributed by atoms with van der Waals surface area (Å²) in [7, 11) is -2.29. The first-order valence-electron chi connectivity index (χ1n) is 16.0. The van der Waals surface area contributed by atoms with Crippen molar-refractivity contribution >= 4 is 32.1 Å².